The van der Waals surface area contributed by atoms with Crippen molar-refractivity contribution in [2.75, 3.05) is 13.2 Å². The van der Waals surface area contributed by atoms with E-state index in [1.54, 1.807) is 0 Å². The summed E-state index contributed by atoms with van der Waals surface area (Å²) in [6, 6.07) is 0. The van der Waals surface area contributed by atoms with Gasteiger partial charge in [0.1, 0.15) is 13.2 Å². The minimum atomic E-state index is -0.777. The van der Waals surface area contributed by atoms with Gasteiger partial charge in [0.25, 0.3) is 0 Å². The van der Waals surface area contributed by atoms with Gasteiger partial charge >= 0.3 is 17.9 Å². The van der Waals surface area contributed by atoms with E-state index in [4.69, 9.17) is 14.2 Å². The van der Waals surface area contributed by atoms with E-state index in [1.165, 1.54) is 154 Å². The maximum absolute atomic E-state index is 12.8. The first-order chi connectivity index (χ1) is 31.0. The summed E-state index contributed by atoms with van der Waals surface area (Å²) in [5.74, 6) is -0.885. The fraction of sp³-hybridized carbons (Fsp3) is 0.807. The standard InChI is InChI=1S/C57H102O6/c1-4-7-10-13-16-19-22-25-27-28-29-30-31-33-35-38-41-44-47-50-56(59)62-53-54(52-61-55(58)49-46-43-40-37-34-24-21-18-15-12-9-6-3)63-57(60)51-48-45-42-39-36-32-26-23-20-17-14-11-8-5-2/h9,12,16,18-19,21-22,25,54H,4-8,10-11,13-15,17,20,23-24,26-53H2,1-3H3/b12-9-,19-16-,21-18-,25-22-. The van der Waals surface area contributed by atoms with E-state index in [1.807, 2.05) is 0 Å². The van der Waals surface area contributed by atoms with Crippen LogP contribution >= 0.6 is 0 Å². The van der Waals surface area contributed by atoms with Crippen LogP contribution in [0.3, 0.4) is 0 Å². The van der Waals surface area contributed by atoms with Crippen LogP contribution in [0.5, 0.6) is 0 Å². The van der Waals surface area contributed by atoms with Gasteiger partial charge in [0.15, 0.2) is 6.10 Å². The molecular weight excluding hydrogens is 781 g/mol. The van der Waals surface area contributed by atoms with Gasteiger partial charge in [-0.25, -0.2) is 0 Å². The number of allylic oxidation sites excluding steroid dienone is 8. The molecule has 0 saturated carbocycles. The topological polar surface area (TPSA) is 78.9 Å². The van der Waals surface area contributed by atoms with Gasteiger partial charge in [-0.1, -0.05) is 236 Å². The highest BCUT2D eigenvalue weighted by Gasteiger charge is 2.19. The van der Waals surface area contributed by atoms with Gasteiger partial charge in [-0.15, -0.1) is 0 Å². The van der Waals surface area contributed by atoms with Crippen LogP contribution in [0.25, 0.3) is 0 Å². The molecule has 6 heteroatoms. The Labute approximate surface area is 390 Å². The van der Waals surface area contributed by atoms with Crippen molar-refractivity contribution in [2.24, 2.45) is 0 Å². The summed E-state index contributed by atoms with van der Waals surface area (Å²) in [6.07, 6.45) is 62.4. The number of rotatable bonds is 49. The molecule has 0 aromatic heterocycles. The van der Waals surface area contributed by atoms with E-state index >= 15 is 0 Å². The van der Waals surface area contributed by atoms with Crippen LogP contribution in [-0.2, 0) is 28.6 Å². The van der Waals surface area contributed by atoms with Gasteiger partial charge in [0.2, 0.25) is 0 Å². The van der Waals surface area contributed by atoms with Crippen molar-refractivity contribution in [3.05, 3.63) is 48.6 Å². The fourth-order valence-electron chi connectivity index (χ4n) is 7.77. The molecule has 366 valence electrons. The number of unbranched alkanes of at least 4 members (excludes halogenated alkanes) is 31. The molecule has 63 heavy (non-hydrogen) atoms. The lowest BCUT2D eigenvalue weighted by Crippen LogP contribution is -2.30. The molecule has 0 aromatic rings. The zero-order valence-corrected chi connectivity index (χ0v) is 41.8. The van der Waals surface area contributed by atoms with E-state index in [-0.39, 0.29) is 31.1 Å². The summed E-state index contributed by atoms with van der Waals surface area (Å²) >= 11 is 0. The number of esters is 3. The van der Waals surface area contributed by atoms with Crippen molar-refractivity contribution >= 4 is 17.9 Å². The molecule has 6 nitrogen and oxygen atoms in total. The Morgan fingerprint density at radius 3 is 1.08 bits per heavy atom. The van der Waals surface area contributed by atoms with Gasteiger partial charge in [-0.2, -0.15) is 0 Å². The summed E-state index contributed by atoms with van der Waals surface area (Å²) in [5.41, 5.74) is 0. The molecule has 0 radical (unpaired) electrons. The molecule has 0 bridgehead atoms. The molecule has 0 rings (SSSR count). The van der Waals surface area contributed by atoms with E-state index in [0.29, 0.717) is 19.3 Å². The van der Waals surface area contributed by atoms with Gasteiger partial charge in [0, 0.05) is 19.3 Å². The van der Waals surface area contributed by atoms with Crippen molar-refractivity contribution in [3.63, 3.8) is 0 Å². The highest BCUT2D eigenvalue weighted by Crippen LogP contribution is 2.16. The molecule has 0 aromatic carbocycles. The molecule has 1 atom stereocenters. The average molecular weight is 883 g/mol. The highest BCUT2D eigenvalue weighted by molar-refractivity contribution is 5.71. The SMILES string of the molecule is CC/C=C\C/C=C\CCCCCCCC(=O)OCC(COC(=O)CCCCCCCCCCCC/C=C\C=C/CCCCC)OC(=O)CCCCCCCCCCCCCCCC. The van der Waals surface area contributed by atoms with Gasteiger partial charge < -0.3 is 14.2 Å². The van der Waals surface area contributed by atoms with Crippen LogP contribution in [0.4, 0.5) is 0 Å². The van der Waals surface area contributed by atoms with Crippen molar-refractivity contribution in [3.8, 4) is 0 Å². The van der Waals surface area contributed by atoms with Crippen LogP contribution in [0, 0.1) is 0 Å². The quantitative estimate of drug-likeness (QED) is 0.0199. The molecule has 0 saturated heterocycles. The van der Waals surface area contributed by atoms with E-state index < -0.39 is 6.10 Å². The van der Waals surface area contributed by atoms with Crippen LogP contribution in [0.2, 0.25) is 0 Å². The third kappa shape index (κ3) is 50.2. The number of ether oxygens (including phenoxy) is 3. The minimum Gasteiger partial charge on any atom is -0.462 e. The Kier molecular flexibility index (Phi) is 49.8. The third-order valence-electron chi connectivity index (χ3n) is 11.8. The second kappa shape index (κ2) is 52.0. The Morgan fingerprint density at radius 1 is 0.349 bits per heavy atom. The molecule has 0 amide bonds. The molecular formula is C57H102O6. The molecule has 0 N–H and O–H groups in total. The number of carbonyl (C=O) groups excluding carboxylic acids is 3. The minimum absolute atomic E-state index is 0.0770. The normalized spacial score (nSPS) is 12.4. The monoisotopic (exact) mass is 883 g/mol. The lowest BCUT2D eigenvalue weighted by molar-refractivity contribution is -0.167. The van der Waals surface area contributed by atoms with Crippen molar-refractivity contribution in [1.82, 2.24) is 0 Å². The van der Waals surface area contributed by atoms with Crippen LogP contribution in [0.15, 0.2) is 48.6 Å². The molecule has 0 aliphatic heterocycles. The smallest absolute Gasteiger partial charge is 0.306 e. The van der Waals surface area contributed by atoms with E-state index in [9.17, 15) is 14.4 Å². The molecule has 0 spiro atoms. The molecule has 0 heterocycles. The van der Waals surface area contributed by atoms with Crippen molar-refractivity contribution in [2.45, 2.75) is 284 Å². The maximum atomic E-state index is 12.8. The molecule has 0 aliphatic rings. The number of hydrogen-bond donors (Lipinski definition) is 0. The molecule has 0 aliphatic carbocycles. The zero-order chi connectivity index (χ0) is 45.8. The Bertz CT molecular complexity index is 1110. The van der Waals surface area contributed by atoms with Crippen LogP contribution in [-0.4, -0.2) is 37.2 Å². The third-order valence-corrected chi connectivity index (χ3v) is 11.8. The Hall–Kier alpha value is -2.63. The second-order valence-corrected chi connectivity index (χ2v) is 18.1. The predicted octanol–water partition coefficient (Wildman–Crippen LogP) is 17.9. The number of carbonyl (C=O) groups is 3. The first-order valence-corrected chi connectivity index (χ1v) is 27.2. The summed E-state index contributed by atoms with van der Waals surface area (Å²) in [7, 11) is 0. The largest absolute Gasteiger partial charge is 0.462 e. The van der Waals surface area contributed by atoms with Gasteiger partial charge in [-0.05, 0) is 70.6 Å². The zero-order valence-electron chi connectivity index (χ0n) is 41.8. The lowest BCUT2D eigenvalue weighted by atomic mass is 10.0. The number of hydrogen-bond acceptors (Lipinski definition) is 6. The molecule has 1 unspecified atom stereocenters. The Morgan fingerprint density at radius 2 is 0.667 bits per heavy atom. The predicted molar refractivity (Wildman–Crippen MR) is 270 cm³/mol. The van der Waals surface area contributed by atoms with Gasteiger partial charge in [0.05, 0.1) is 0 Å². The highest BCUT2D eigenvalue weighted by atomic mass is 16.6. The van der Waals surface area contributed by atoms with E-state index in [0.717, 1.165) is 83.5 Å². The van der Waals surface area contributed by atoms with Crippen LogP contribution < -0.4 is 0 Å². The average Bonchev–Trinajstić information content (AvgIpc) is 3.28. The van der Waals surface area contributed by atoms with E-state index in [2.05, 4.69) is 69.4 Å². The first kappa shape index (κ1) is 60.4. The fourth-order valence-corrected chi connectivity index (χ4v) is 7.77. The Balaban J connectivity index is 4.33. The van der Waals surface area contributed by atoms with Crippen LogP contribution in [0.1, 0.15) is 278 Å². The second-order valence-electron chi connectivity index (χ2n) is 18.1. The summed E-state index contributed by atoms with van der Waals surface area (Å²) in [4.78, 5) is 38.0. The first-order valence-electron chi connectivity index (χ1n) is 27.2. The van der Waals surface area contributed by atoms with Gasteiger partial charge in [-0.3, -0.25) is 14.4 Å². The summed E-state index contributed by atoms with van der Waals surface area (Å²) in [6.45, 7) is 6.51. The van der Waals surface area contributed by atoms with Crippen molar-refractivity contribution < 1.29 is 28.6 Å². The lowest BCUT2D eigenvalue weighted by Gasteiger charge is -2.18. The maximum Gasteiger partial charge on any atom is 0.306 e. The molecule has 0 fully saturated rings. The van der Waals surface area contributed by atoms with Crippen molar-refractivity contribution in [1.29, 1.82) is 0 Å². The summed E-state index contributed by atoms with van der Waals surface area (Å²) < 4.78 is 16.8. The summed E-state index contributed by atoms with van der Waals surface area (Å²) in [5, 5.41) is 0.